The lowest BCUT2D eigenvalue weighted by Crippen LogP contribution is -2.07. The molecule has 2 aromatic rings. The summed E-state index contributed by atoms with van der Waals surface area (Å²) in [6.07, 6.45) is 2.20. The van der Waals surface area contributed by atoms with E-state index >= 15 is 0 Å². The van der Waals surface area contributed by atoms with E-state index in [-0.39, 0.29) is 5.75 Å². The summed E-state index contributed by atoms with van der Waals surface area (Å²) in [5.74, 6) is 2.34. The van der Waals surface area contributed by atoms with Gasteiger partial charge in [-0.25, -0.2) is 0 Å². The maximum Gasteiger partial charge on any atom is 0.152 e. The number of aryl methyl sites for hydroxylation is 1. The minimum absolute atomic E-state index is 0.277. The number of aromatic hydroxyl groups is 1. The molecule has 0 saturated carbocycles. The second-order valence-electron chi connectivity index (χ2n) is 4.19. The van der Waals surface area contributed by atoms with Gasteiger partial charge in [0.25, 0.3) is 0 Å². The fourth-order valence-electron chi connectivity index (χ4n) is 2.10. The van der Waals surface area contributed by atoms with E-state index in [1.807, 2.05) is 12.1 Å². The minimum atomic E-state index is 0.277. The molecular formula is C12H14N4O. The average Bonchev–Trinajstić information content (AvgIpc) is 2.91. The molecular weight excluding hydrogens is 216 g/mol. The number of nitrogens with one attached hydrogen (secondary N) is 1. The lowest BCUT2D eigenvalue weighted by atomic mass is 10.3. The van der Waals surface area contributed by atoms with Crippen LogP contribution in [0.2, 0.25) is 0 Å². The summed E-state index contributed by atoms with van der Waals surface area (Å²) in [6.45, 7) is 1.69. The Kier molecular flexibility index (Phi) is 2.44. The lowest BCUT2D eigenvalue weighted by Gasteiger charge is -2.06. The number of fused-ring (bicyclic) bond motifs is 1. The van der Waals surface area contributed by atoms with Crippen molar-refractivity contribution in [2.24, 2.45) is 0 Å². The molecule has 1 aromatic carbocycles. The number of phenolic OH excluding ortho intramolecular Hbond substituents is 1. The van der Waals surface area contributed by atoms with Gasteiger partial charge in [0.05, 0.1) is 6.54 Å². The number of anilines is 1. The van der Waals surface area contributed by atoms with E-state index in [0.29, 0.717) is 6.54 Å². The van der Waals surface area contributed by atoms with Crippen LogP contribution in [0.25, 0.3) is 0 Å². The van der Waals surface area contributed by atoms with Crippen LogP contribution in [0.5, 0.6) is 5.75 Å². The van der Waals surface area contributed by atoms with Gasteiger partial charge in [0.1, 0.15) is 11.6 Å². The smallest absolute Gasteiger partial charge is 0.152 e. The Labute approximate surface area is 99.1 Å². The van der Waals surface area contributed by atoms with E-state index in [0.717, 1.165) is 36.7 Å². The van der Waals surface area contributed by atoms with Crippen LogP contribution in [0, 0.1) is 0 Å². The summed E-state index contributed by atoms with van der Waals surface area (Å²) in [5, 5.41) is 20.8. The van der Waals surface area contributed by atoms with E-state index in [9.17, 15) is 5.11 Å². The Morgan fingerprint density at radius 3 is 2.88 bits per heavy atom. The zero-order valence-corrected chi connectivity index (χ0v) is 9.43. The van der Waals surface area contributed by atoms with Crippen LogP contribution >= 0.6 is 0 Å². The van der Waals surface area contributed by atoms with Crippen LogP contribution in [0.4, 0.5) is 5.69 Å². The van der Waals surface area contributed by atoms with Crippen molar-refractivity contribution in [2.75, 3.05) is 5.32 Å². The molecule has 5 nitrogen and oxygen atoms in total. The minimum Gasteiger partial charge on any atom is -0.508 e. The van der Waals surface area contributed by atoms with Gasteiger partial charge in [0.2, 0.25) is 0 Å². The average molecular weight is 230 g/mol. The van der Waals surface area contributed by atoms with Crippen molar-refractivity contribution in [3.05, 3.63) is 35.9 Å². The Hall–Kier alpha value is -2.04. The van der Waals surface area contributed by atoms with Gasteiger partial charge in [-0.1, -0.05) is 0 Å². The Morgan fingerprint density at radius 2 is 2.06 bits per heavy atom. The number of hydrogen-bond acceptors (Lipinski definition) is 4. The topological polar surface area (TPSA) is 63.0 Å². The molecule has 1 aromatic heterocycles. The Balaban J connectivity index is 1.69. The number of phenols is 1. The van der Waals surface area contributed by atoms with Crippen LogP contribution in [0.3, 0.4) is 0 Å². The van der Waals surface area contributed by atoms with Crippen LogP contribution in [0.15, 0.2) is 24.3 Å². The van der Waals surface area contributed by atoms with Crippen molar-refractivity contribution in [1.82, 2.24) is 14.8 Å². The standard InChI is InChI=1S/C12H14N4O/c17-10-5-3-9(4-6-10)13-8-12-15-14-11-2-1-7-16(11)12/h3-6,13,17H,1-2,7-8H2. The highest BCUT2D eigenvalue weighted by Crippen LogP contribution is 2.17. The normalized spacial score (nSPS) is 13.6. The molecule has 3 rings (SSSR count). The predicted octanol–water partition coefficient (Wildman–Crippen LogP) is 1.54. The van der Waals surface area contributed by atoms with Gasteiger partial charge in [-0.2, -0.15) is 0 Å². The zero-order valence-electron chi connectivity index (χ0n) is 9.43. The quantitative estimate of drug-likeness (QED) is 0.785. The summed E-state index contributed by atoms with van der Waals surface area (Å²) in [5.41, 5.74) is 0.971. The molecule has 1 aliphatic heterocycles. The van der Waals surface area contributed by atoms with E-state index in [4.69, 9.17) is 0 Å². The van der Waals surface area contributed by atoms with Crippen molar-refractivity contribution >= 4 is 5.69 Å². The second-order valence-corrected chi connectivity index (χ2v) is 4.19. The van der Waals surface area contributed by atoms with Gasteiger partial charge in [-0.15, -0.1) is 10.2 Å². The van der Waals surface area contributed by atoms with E-state index in [2.05, 4.69) is 20.1 Å². The summed E-state index contributed by atoms with van der Waals surface area (Å²) in [6, 6.07) is 7.01. The molecule has 88 valence electrons. The number of benzene rings is 1. The van der Waals surface area contributed by atoms with E-state index in [1.54, 1.807) is 12.1 Å². The molecule has 0 saturated heterocycles. The van der Waals surface area contributed by atoms with Crippen LogP contribution < -0.4 is 5.32 Å². The monoisotopic (exact) mass is 230 g/mol. The number of rotatable bonds is 3. The highest BCUT2D eigenvalue weighted by molar-refractivity contribution is 5.45. The van der Waals surface area contributed by atoms with Gasteiger partial charge >= 0.3 is 0 Å². The van der Waals surface area contributed by atoms with Crippen LogP contribution in [-0.4, -0.2) is 19.9 Å². The third-order valence-corrected chi connectivity index (χ3v) is 3.00. The molecule has 0 unspecified atom stereocenters. The lowest BCUT2D eigenvalue weighted by molar-refractivity contribution is 0.475. The van der Waals surface area contributed by atoms with Gasteiger partial charge in [-0.05, 0) is 30.7 Å². The van der Waals surface area contributed by atoms with Crippen molar-refractivity contribution < 1.29 is 5.11 Å². The zero-order chi connectivity index (χ0) is 11.7. The van der Waals surface area contributed by atoms with Crippen molar-refractivity contribution in [3.8, 4) is 5.75 Å². The summed E-state index contributed by atoms with van der Waals surface area (Å²) in [7, 11) is 0. The first-order valence-electron chi connectivity index (χ1n) is 5.77. The van der Waals surface area contributed by atoms with Crippen molar-refractivity contribution in [1.29, 1.82) is 0 Å². The van der Waals surface area contributed by atoms with Gasteiger partial charge in [-0.3, -0.25) is 0 Å². The Morgan fingerprint density at radius 1 is 1.24 bits per heavy atom. The van der Waals surface area contributed by atoms with Crippen molar-refractivity contribution in [3.63, 3.8) is 0 Å². The van der Waals surface area contributed by atoms with E-state index in [1.165, 1.54) is 0 Å². The highest BCUT2D eigenvalue weighted by Gasteiger charge is 2.16. The number of hydrogen-bond donors (Lipinski definition) is 2. The van der Waals surface area contributed by atoms with E-state index < -0.39 is 0 Å². The molecule has 1 aliphatic rings. The van der Waals surface area contributed by atoms with Crippen LogP contribution in [-0.2, 0) is 19.5 Å². The summed E-state index contributed by atoms with van der Waals surface area (Å²) >= 11 is 0. The maximum atomic E-state index is 9.18. The molecule has 0 spiro atoms. The molecule has 5 heteroatoms. The molecule has 17 heavy (non-hydrogen) atoms. The number of aromatic nitrogens is 3. The fraction of sp³-hybridized carbons (Fsp3) is 0.333. The third kappa shape index (κ3) is 1.95. The molecule has 0 fully saturated rings. The first-order chi connectivity index (χ1) is 8.33. The van der Waals surface area contributed by atoms with Gasteiger partial charge < -0.3 is 15.0 Å². The largest absolute Gasteiger partial charge is 0.508 e. The molecule has 2 N–H and O–H groups in total. The third-order valence-electron chi connectivity index (χ3n) is 3.00. The highest BCUT2D eigenvalue weighted by atomic mass is 16.3. The van der Waals surface area contributed by atoms with Crippen molar-refractivity contribution in [2.45, 2.75) is 25.9 Å². The summed E-state index contributed by atoms with van der Waals surface area (Å²) in [4.78, 5) is 0. The van der Waals surface area contributed by atoms with Gasteiger partial charge in [0, 0.05) is 18.7 Å². The first-order valence-corrected chi connectivity index (χ1v) is 5.77. The molecule has 0 bridgehead atoms. The molecule has 0 atom stereocenters. The SMILES string of the molecule is Oc1ccc(NCc2nnc3n2CCC3)cc1. The molecule has 0 aliphatic carbocycles. The summed E-state index contributed by atoms with van der Waals surface area (Å²) < 4.78 is 2.17. The van der Waals surface area contributed by atoms with Gasteiger partial charge in [0.15, 0.2) is 5.82 Å². The Bertz CT molecular complexity index is 518. The molecule has 0 amide bonds. The predicted molar refractivity (Wildman–Crippen MR) is 63.8 cm³/mol. The number of nitrogens with zero attached hydrogens (tertiary/aromatic N) is 3. The second kappa shape index (κ2) is 4.08. The molecule has 2 heterocycles. The maximum absolute atomic E-state index is 9.18. The first kappa shape index (κ1) is 10.1. The van der Waals surface area contributed by atoms with Crippen LogP contribution in [0.1, 0.15) is 18.1 Å². The fourth-order valence-corrected chi connectivity index (χ4v) is 2.10. The molecule has 0 radical (unpaired) electrons.